The Morgan fingerprint density at radius 2 is 2.05 bits per heavy atom. The van der Waals surface area contributed by atoms with Crippen molar-refractivity contribution in [2.24, 2.45) is 11.8 Å². The summed E-state index contributed by atoms with van der Waals surface area (Å²) in [6.07, 6.45) is 6.13. The van der Waals surface area contributed by atoms with Gasteiger partial charge in [0.25, 0.3) is 0 Å². The highest BCUT2D eigenvalue weighted by atomic mass is 79.9. The van der Waals surface area contributed by atoms with Gasteiger partial charge in [0.1, 0.15) is 0 Å². The van der Waals surface area contributed by atoms with Crippen LogP contribution in [-0.4, -0.2) is 18.3 Å². The van der Waals surface area contributed by atoms with Crippen molar-refractivity contribution in [1.82, 2.24) is 5.32 Å². The Bertz CT molecular complexity index is 448. The molecule has 2 nitrogen and oxygen atoms in total. The number of hydrogen-bond acceptors (Lipinski definition) is 2. The lowest BCUT2D eigenvalue weighted by Gasteiger charge is -2.21. The zero-order valence-electron chi connectivity index (χ0n) is 11.2. The standard InChI is InChI=1S/C16H22BrNO/c17-15-6-2-5-14-13(15)7-8-16(14)18-9-11-3-1-4-12(11)10-19/h2,5-6,11-12,16,18-19H,1,3-4,7-10H2. The van der Waals surface area contributed by atoms with Gasteiger partial charge in [-0.2, -0.15) is 0 Å². The first-order valence-electron chi connectivity index (χ1n) is 7.41. The van der Waals surface area contributed by atoms with E-state index < -0.39 is 0 Å². The zero-order valence-corrected chi connectivity index (χ0v) is 12.8. The van der Waals surface area contributed by atoms with Gasteiger partial charge < -0.3 is 10.4 Å². The van der Waals surface area contributed by atoms with Crippen LogP contribution in [0, 0.1) is 11.8 Å². The highest BCUT2D eigenvalue weighted by Crippen LogP contribution is 2.37. The van der Waals surface area contributed by atoms with Crippen LogP contribution < -0.4 is 5.32 Å². The third-order valence-corrected chi connectivity index (χ3v) is 5.63. The minimum Gasteiger partial charge on any atom is -0.396 e. The van der Waals surface area contributed by atoms with Gasteiger partial charge in [0.2, 0.25) is 0 Å². The Kier molecular flexibility index (Phi) is 4.25. The molecule has 3 rings (SSSR count). The third-order valence-electron chi connectivity index (χ3n) is 4.89. The van der Waals surface area contributed by atoms with Gasteiger partial charge in [-0.3, -0.25) is 0 Å². The van der Waals surface area contributed by atoms with Crippen molar-refractivity contribution in [2.75, 3.05) is 13.2 Å². The summed E-state index contributed by atoms with van der Waals surface area (Å²) >= 11 is 3.65. The fourth-order valence-corrected chi connectivity index (χ4v) is 4.32. The van der Waals surface area contributed by atoms with E-state index in [9.17, 15) is 5.11 Å². The highest BCUT2D eigenvalue weighted by Gasteiger charge is 2.29. The SMILES string of the molecule is OCC1CCCC1CNC1CCc2c(Br)cccc21. The number of benzene rings is 1. The summed E-state index contributed by atoms with van der Waals surface area (Å²) < 4.78 is 1.25. The predicted molar refractivity (Wildman–Crippen MR) is 81.1 cm³/mol. The normalized spacial score (nSPS) is 29.7. The molecule has 1 fully saturated rings. The second kappa shape index (κ2) is 5.94. The van der Waals surface area contributed by atoms with E-state index >= 15 is 0 Å². The van der Waals surface area contributed by atoms with Crippen LogP contribution in [0.25, 0.3) is 0 Å². The van der Waals surface area contributed by atoms with E-state index in [1.54, 1.807) is 0 Å². The second-order valence-corrected chi connectivity index (χ2v) is 6.80. The van der Waals surface area contributed by atoms with Crippen LogP contribution in [0.2, 0.25) is 0 Å². The van der Waals surface area contributed by atoms with Crippen LogP contribution in [0.15, 0.2) is 22.7 Å². The summed E-state index contributed by atoms with van der Waals surface area (Å²) in [5.74, 6) is 1.19. The minimum absolute atomic E-state index is 0.360. The fourth-order valence-electron chi connectivity index (χ4n) is 3.74. The number of nitrogens with one attached hydrogen (secondary N) is 1. The van der Waals surface area contributed by atoms with Crippen LogP contribution in [0.5, 0.6) is 0 Å². The molecule has 0 spiro atoms. The molecule has 0 bridgehead atoms. The van der Waals surface area contributed by atoms with Crippen molar-refractivity contribution >= 4 is 15.9 Å². The maximum atomic E-state index is 9.39. The number of aliphatic hydroxyl groups is 1. The van der Waals surface area contributed by atoms with Crippen LogP contribution in [-0.2, 0) is 6.42 Å². The molecule has 2 aliphatic rings. The first kappa shape index (κ1) is 13.6. The van der Waals surface area contributed by atoms with Crippen molar-refractivity contribution in [2.45, 2.75) is 38.1 Å². The van der Waals surface area contributed by atoms with Crippen molar-refractivity contribution in [3.8, 4) is 0 Å². The molecule has 1 saturated carbocycles. The average Bonchev–Trinajstić information content (AvgIpc) is 3.03. The van der Waals surface area contributed by atoms with Crippen molar-refractivity contribution in [3.05, 3.63) is 33.8 Å². The molecule has 1 aromatic rings. The van der Waals surface area contributed by atoms with E-state index in [0.717, 1.165) is 6.54 Å². The van der Waals surface area contributed by atoms with Gasteiger partial charge in [0, 0.05) is 17.1 Å². The summed E-state index contributed by atoms with van der Waals surface area (Å²) in [6, 6.07) is 7.03. The van der Waals surface area contributed by atoms with E-state index in [-0.39, 0.29) is 0 Å². The number of aliphatic hydroxyl groups excluding tert-OH is 1. The molecule has 0 amide bonds. The molecule has 2 N–H and O–H groups in total. The molecule has 2 aliphatic carbocycles. The van der Waals surface area contributed by atoms with Crippen LogP contribution in [0.1, 0.15) is 42.9 Å². The molecule has 0 saturated heterocycles. The summed E-state index contributed by atoms with van der Waals surface area (Å²) in [4.78, 5) is 0. The van der Waals surface area contributed by atoms with E-state index in [1.807, 2.05) is 0 Å². The lowest BCUT2D eigenvalue weighted by Crippen LogP contribution is -2.29. The number of rotatable bonds is 4. The molecule has 1 aromatic carbocycles. The van der Waals surface area contributed by atoms with Crippen molar-refractivity contribution in [3.63, 3.8) is 0 Å². The van der Waals surface area contributed by atoms with Crippen LogP contribution in [0.3, 0.4) is 0 Å². The summed E-state index contributed by atoms with van der Waals surface area (Å²) in [5.41, 5.74) is 2.94. The van der Waals surface area contributed by atoms with E-state index in [4.69, 9.17) is 0 Å². The molecule has 19 heavy (non-hydrogen) atoms. The van der Waals surface area contributed by atoms with Crippen LogP contribution >= 0.6 is 15.9 Å². The summed E-state index contributed by atoms with van der Waals surface area (Å²) in [7, 11) is 0. The van der Waals surface area contributed by atoms with Crippen LogP contribution in [0.4, 0.5) is 0 Å². The minimum atomic E-state index is 0.360. The Labute approximate surface area is 123 Å². The molecule has 0 aromatic heterocycles. The Balaban J connectivity index is 1.62. The van der Waals surface area contributed by atoms with Crippen molar-refractivity contribution in [1.29, 1.82) is 0 Å². The molecule has 0 radical (unpaired) electrons. The van der Waals surface area contributed by atoms with E-state index in [2.05, 4.69) is 39.4 Å². The molecular formula is C16H22BrNO. The average molecular weight is 324 g/mol. The number of halogens is 1. The van der Waals surface area contributed by atoms with Gasteiger partial charge >= 0.3 is 0 Å². The van der Waals surface area contributed by atoms with E-state index in [1.165, 1.54) is 47.7 Å². The fraction of sp³-hybridized carbons (Fsp3) is 0.625. The zero-order chi connectivity index (χ0) is 13.2. The summed E-state index contributed by atoms with van der Waals surface area (Å²) in [6.45, 7) is 1.42. The Hall–Kier alpha value is -0.380. The van der Waals surface area contributed by atoms with Crippen molar-refractivity contribution < 1.29 is 5.11 Å². The molecule has 104 valence electrons. The molecule has 3 heteroatoms. The Morgan fingerprint density at radius 1 is 1.21 bits per heavy atom. The van der Waals surface area contributed by atoms with Gasteiger partial charge in [-0.15, -0.1) is 0 Å². The highest BCUT2D eigenvalue weighted by molar-refractivity contribution is 9.10. The van der Waals surface area contributed by atoms with Gasteiger partial charge in [0.15, 0.2) is 0 Å². The lowest BCUT2D eigenvalue weighted by molar-refractivity contribution is 0.190. The Morgan fingerprint density at radius 3 is 2.89 bits per heavy atom. The first-order valence-corrected chi connectivity index (χ1v) is 8.20. The maximum Gasteiger partial charge on any atom is 0.0462 e. The number of fused-ring (bicyclic) bond motifs is 1. The monoisotopic (exact) mass is 323 g/mol. The molecular weight excluding hydrogens is 302 g/mol. The predicted octanol–water partition coefficient (Wildman–Crippen LogP) is 3.43. The smallest absolute Gasteiger partial charge is 0.0462 e. The van der Waals surface area contributed by atoms with Gasteiger partial charge in [-0.1, -0.05) is 34.5 Å². The molecule has 3 unspecified atom stereocenters. The first-order chi connectivity index (χ1) is 9.29. The quantitative estimate of drug-likeness (QED) is 0.889. The second-order valence-electron chi connectivity index (χ2n) is 5.94. The van der Waals surface area contributed by atoms with Gasteiger partial charge in [-0.25, -0.2) is 0 Å². The van der Waals surface area contributed by atoms with Gasteiger partial charge in [-0.05, 0) is 61.3 Å². The molecule has 0 aliphatic heterocycles. The largest absolute Gasteiger partial charge is 0.396 e. The third kappa shape index (κ3) is 2.74. The maximum absolute atomic E-state index is 9.39. The molecule has 3 atom stereocenters. The van der Waals surface area contributed by atoms with Gasteiger partial charge in [0.05, 0.1) is 0 Å². The van der Waals surface area contributed by atoms with E-state index in [0.29, 0.717) is 24.5 Å². The number of hydrogen-bond donors (Lipinski definition) is 2. The summed E-state index contributed by atoms with van der Waals surface area (Å²) in [5, 5.41) is 13.1. The molecule has 0 heterocycles. The topological polar surface area (TPSA) is 32.3 Å². The lowest BCUT2D eigenvalue weighted by atomic mass is 9.96.